The van der Waals surface area contributed by atoms with E-state index in [1.54, 1.807) is 6.07 Å². The molecule has 2 rings (SSSR count). The van der Waals surface area contributed by atoms with Gasteiger partial charge < -0.3 is 5.32 Å². The average molecular weight is 324 g/mol. The van der Waals surface area contributed by atoms with Crippen LogP contribution in [0.4, 0.5) is 10.5 Å². The van der Waals surface area contributed by atoms with Gasteiger partial charge in [-0.25, -0.2) is 17.9 Å². The van der Waals surface area contributed by atoms with Crippen molar-refractivity contribution in [2.75, 3.05) is 5.32 Å². The summed E-state index contributed by atoms with van der Waals surface area (Å²) in [6.45, 7) is 3.75. The van der Waals surface area contributed by atoms with Gasteiger partial charge in [0.05, 0.1) is 0 Å². The quantitative estimate of drug-likeness (QED) is 0.892. The molecular formula is C15H20N2O4S. The first-order chi connectivity index (χ1) is 10.3. The monoisotopic (exact) mass is 324 g/mol. The summed E-state index contributed by atoms with van der Waals surface area (Å²) in [6.07, 6.45) is 1.91. The third-order valence-corrected chi connectivity index (χ3v) is 5.46. The molecule has 1 atom stereocenters. The first kappa shape index (κ1) is 16.5. The highest BCUT2D eigenvalue weighted by atomic mass is 32.2. The van der Waals surface area contributed by atoms with Gasteiger partial charge in [0.2, 0.25) is 10.0 Å². The lowest BCUT2D eigenvalue weighted by Crippen LogP contribution is -2.45. The van der Waals surface area contributed by atoms with Gasteiger partial charge >= 0.3 is 6.03 Å². The minimum Gasteiger partial charge on any atom is -0.307 e. The van der Waals surface area contributed by atoms with Crippen LogP contribution in [0.25, 0.3) is 0 Å². The molecule has 0 saturated heterocycles. The summed E-state index contributed by atoms with van der Waals surface area (Å²) in [6, 6.07) is 4.57. The first-order valence-electron chi connectivity index (χ1n) is 7.22. The van der Waals surface area contributed by atoms with E-state index in [2.05, 4.69) is 5.32 Å². The Morgan fingerprint density at radius 1 is 1.23 bits per heavy atom. The van der Waals surface area contributed by atoms with Crippen LogP contribution in [0.5, 0.6) is 0 Å². The fourth-order valence-electron chi connectivity index (χ4n) is 2.58. The number of amides is 2. The van der Waals surface area contributed by atoms with Crippen molar-refractivity contribution in [2.45, 2.75) is 44.8 Å². The molecule has 0 bridgehead atoms. The summed E-state index contributed by atoms with van der Waals surface area (Å²) in [5.41, 5.74) is 2.42. The van der Waals surface area contributed by atoms with Crippen LogP contribution in [0.1, 0.15) is 36.8 Å². The highest BCUT2D eigenvalue weighted by molar-refractivity contribution is 7.91. The Labute approximate surface area is 130 Å². The fraction of sp³-hybridized carbons (Fsp3) is 0.467. The number of carbonyl (C=O) groups is 2. The number of urea groups is 1. The molecule has 1 unspecified atom stereocenters. The Bertz CT molecular complexity index is 697. The second-order valence-electron chi connectivity index (χ2n) is 5.62. The molecule has 1 aromatic carbocycles. The molecule has 1 fully saturated rings. The largest absolute Gasteiger partial charge is 0.332 e. The Hall–Kier alpha value is -1.89. The van der Waals surface area contributed by atoms with Crippen LogP contribution in [0.15, 0.2) is 18.2 Å². The maximum Gasteiger partial charge on any atom is 0.332 e. The topological polar surface area (TPSA) is 92.3 Å². The zero-order valence-electron chi connectivity index (χ0n) is 12.7. The molecule has 6 nitrogen and oxygen atoms in total. The normalized spacial score (nSPS) is 18.8. The molecule has 2 amide bonds. The lowest BCUT2D eigenvalue weighted by Gasteiger charge is -2.21. The summed E-state index contributed by atoms with van der Waals surface area (Å²) >= 11 is 0. The van der Waals surface area contributed by atoms with Gasteiger partial charge in [0.25, 0.3) is 0 Å². The van der Waals surface area contributed by atoms with Crippen molar-refractivity contribution in [1.82, 2.24) is 4.72 Å². The number of hydrogen-bond donors (Lipinski definition) is 2. The van der Waals surface area contributed by atoms with E-state index in [1.807, 2.05) is 30.7 Å². The lowest BCUT2D eigenvalue weighted by atomic mass is 9.99. The molecule has 1 aromatic rings. The second-order valence-corrected chi connectivity index (χ2v) is 7.48. The number of sulfonamides is 1. The van der Waals surface area contributed by atoms with Crippen molar-refractivity contribution in [1.29, 1.82) is 0 Å². The second kappa shape index (κ2) is 6.48. The third-order valence-electron chi connectivity index (χ3n) is 3.74. The van der Waals surface area contributed by atoms with E-state index in [1.165, 1.54) is 0 Å². The molecule has 0 heterocycles. The molecule has 1 saturated carbocycles. The van der Waals surface area contributed by atoms with E-state index >= 15 is 0 Å². The molecule has 1 aliphatic rings. The number of aryl methyl sites for hydroxylation is 2. The molecule has 120 valence electrons. The number of anilines is 1. The number of Topliss-reactive ketones (excluding diaryl/α,β-unsaturated/α-hetero) is 1. The van der Waals surface area contributed by atoms with E-state index in [0.717, 1.165) is 11.1 Å². The van der Waals surface area contributed by atoms with Gasteiger partial charge in [-0.2, -0.15) is 0 Å². The van der Waals surface area contributed by atoms with Crippen molar-refractivity contribution in [3.05, 3.63) is 29.3 Å². The summed E-state index contributed by atoms with van der Waals surface area (Å²) in [5.74, 6) is -0.321. The van der Waals surface area contributed by atoms with E-state index in [0.29, 0.717) is 18.5 Å². The molecule has 0 radical (unpaired) electrons. The minimum atomic E-state index is -3.98. The summed E-state index contributed by atoms with van der Waals surface area (Å²) in [4.78, 5) is 23.6. The molecule has 0 aliphatic heterocycles. The highest BCUT2D eigenvalue weighted by Gasteiger charge is 2.35. The van der Waals surface area contributed by atoms with Gasteiger partial charge in [0.1, 0.15) is 5.25 Å². The van der Waals surface area contributed by atoms with E-state index in [9.17, 15) is 18.0 Å². The molecule has 1 aliphatic carbocycles. The van der Waals surface area contributed by atoms with Crippen molar-refractivity contribution in [3.8, 4) is 0 Å². The fourth-order valence-corrected chi connectivity index (χ4v) is 3.97. The maximum atomic E-state index is 12.1. The number of rotatable bonds is 3. The van der Waals surface area contributed by atoms with Crippen LogP contribution in [0.2, 0.25) is 0 Å². The van der Waals surface area contributed by atoms with E-state index in [-0.39, 0.29) is 18.6 Å². The van der Waals surface area contributed by atoms with Crippen molar-refractivity contribution in [2.24, 2.45) is 0 Å². The smallest absolute Gasteiger partial charge is 0.307 e. The number of benzene rings is 1. The lowest BCUT2D eigenvalue weighted by molar-refractivity contribution is -0.119. The summed E-state index contributed by atoms with van der Waals surface area (Å²) < 4.78 is 26.2. The predicted octanol–water partition coefficient (Wildman–Crippen LogP) is 2.27. The van der Waals surface area contributed by atoms with Crippen LogP contribution in [-0.4, -0.2) is 25.5 Å². The van der Waals surface area contributed by atoms with Crippen LogP contribution in [0.3, 0.4) is 0 Å². The van der Waals surface area contributed by atoms with E-state index in [4.69, 9.17) is 0 Å². The van der Waals surface area contributed by atoms with Crippen LogP contribution in [-0.2, 0) is 14.8 Å². The standard InChI is InChI=1S/C15H20N2O4S/c1-10-7-8-12(11(2)9-10)16-15(19)17-22(20,21)14-6-4-3-5-13(14)18/h7-9,14H,3-6H2,1-2H3,(H2,16,17,19). The Kier molecular flexibility index (Phi) is 4.85. The van der Waals surface area contributed by atoms with Gasteiger partial charge in [0, 0.05) is 12.1 Å². The van der Waals surface area contributed by atoms with Crippen molar-refractivity contribution >= 4 is 27.5 Å². The Morgan fingerprint density at radius 3 is 2.59 bits per heavy atom. The van der Waals surface area contributed by atoms with Crippen LogP contribution >= 0.6 is 0 Å². The number of ketones is 1. The number of nitrogens with one attached hydrogen (secondary N) is 2. The van der Waals surface area contributed by atoms with Gasteiger partial charge in [-0.05, 0) is 38.3 Å². The van der Waals surface area contributed by atoms with Crippen molar-refractivity contribution < 1.29 is 18.0 Å². The summed E-state index contributed by atoms with van der Waals surface area (Å²) in [7, 11) is -3.98. The summed E-state index contributed by atoms with van der Waals surface area (Å²) in [5, 5.41) is 1.39. The third kappa shape index (κ3) is 3.85. The molecule has 2 N–H and O–H groups in total. The van der Waals surface area contributed by atoms with Crippen LogP contribution in [0, 0.1) is 13.8 Å². The van der Waals surface area contributed by atoms with Crippen LogP contribution < -0.4 is 10.0 Å². The zero-order valence-corrected chi connectivity index (χ0v) is 13.5. The first-order valence-corrected chi connectivity index (χ1v) is 8.77. The zero-order chi connectivity index (χ0) is 16.3. The molecule has 0 aromatic heterocycles. The Balaban J connectivity index is 2.06. The Morgan fingerprint density at radius 2 is 1.95 bits per heavy atom. The van der Waals surface area contributed by atoms with Gasteiger partial charge in [-0.15, -0.1) is 0 Å². The predicted molar refractivity (Wildman–Crippen MR) is 84.3 cm³/mol. The van der Waals surface area contributed by atoms with Crippen molar-refractivity contribution in [3.63, 3.8) is 0 Å². The SMILES string of the molecule is Cc1ccc(NC(=O)NS(=O)(=O)C2CCCCC2=O)c(C)c1. The molecule has 0 spiro atoms. The minimum absolute atomic E-state index is 0.254. The van der Waals surface area contributed by atoms with Gasteiger partial charge in [-0.1, -0.05) is 24.1 Å². The molecule has 7 heteroatoms. The number of carbonyl (C=O) groups excluding carboxylic acids is 2. The maximum absolute atomic E-state index is 12.1. The molecule has 22 heavy (non-hydrogen) atoms. The van der Waals surface area contributed by atoms with E-state index < -0.39 is 21.3 Å². The highest BCUT2D eigenvalue weighted by Crippen LogP contribution is 2.21. The van der Waals surface area contributed by atoms with Gasteiger partial charge in [-0.3, -0.25) is 4.79 Å². The van der Waals surface area contributed by atoms with Gasteiger partial charge in [0.15, 0.2) is 5.78 Å². The molecular weight excluding hydrogens is 304 g/mol. The average Bonchev–Trinajstić information content (AvgIpc) is 2.41. The number of hydrogen-bond acceptors (Lipinski definition) is 4.